The fourth-order valence-corrected chi connectivity index (χ4v) is 2.61. The first-order chi connectivity index (χ1) is 12.4. The van der Waals surface area contributed by atoms with E-state index >= 15 is 0 Å². The molecule has 0 aliphatic heterocycles. The van der Waals surface area contributed by atoms with Gasteiger partial charge in [0.05, 0.1) is 12.0 Å². The van der Waals surface area contributed by atoms with E-state index in [1.54, 1.807) is 23.9 Å². The Morgan fingerprint density at radius 3 is 2.54 bits per heavy atom. The van der Waals surface area contributed by atoms with Crippen LogP contribution < -0.4 is 10.6 Å². The van der Waals surface area contributed by atoms with E-state index in [1.165, 1.54) is 17.0 Å². The zero-order chi connectivity index (χ0) is 18.8. The summed E-state index contributed by atoms with van der Waals surface area (Å²) < 4.78 is 8.25. The molecule has 2 N–H and O–H groups in total. The van der Waals surface area contributed by atoms with Crippen molar-refractivity contribution in [2.24, 2.45) is 14.1 Å². The van der Waals surface area contributed by atoms with Gasteiger partial charge in [-0.2, -0.15) is 10.2 Å². The first-order valence-corrected chi connectivity index (χ1v) is 8.03. The van der Waals surface area contributed by atoms with Gasteiger partial charge in [0.25, 0.3) is 11.8 Å². The molecular formula is C17H20N6O3. The van der Waals surface area contributed by atoms with Crippen LogP contribution in [0, 0.1) is 13.8 Å². The van der Waals surface area contributed by atoms with Crippen LogP contribution in [0.25, 0.3) is 0 Å². The van der Waals surface area contributed by atoms with E-state index < -0.39 is 5.91 Å². The molecule has 0 saturated heterocycles. The van der Waals surface area contributed by atoms with Crippen LogP contribution >= 0.6 is 0 Å². The summed E-state index contributed by atoms with van der Waals surface area (Å²) in [5.74, 6) is -0.168. The molecule has 0 bridgehead atoms. The lowest BCUT2D eigenvalue weighted by atomic mass is 10.2. The normalized spacial score (nSPS) is 10.8. The van der Waals surface area contributed by atoms with Crippen LogP contribution in [0.5, 0.6) is 0 Å². The number of furan rings is 1. The second-order valence-electron chi connectivity index (χ2n) is 5.93. The van der Waals surface area contributed by atoms with Gasteiger partial charge < -0.3 is 15.1 Å². The Balaban J connectivity index is 1.68. The molecule has 0 aliphatic carbocycles. The van der Waals surface area contributed by atoms with Crippen LogP contribution in [0.15, 0.2) is 28.9 Å². The van der Waals surface area contributed by atoms with Crippen molar-refractivity contribution in [2.45, 2.75) is 20.4 Å². The molecule has 0 fully saturated rings. The lowest BCUT2D eigenvalue weighted by molar-refractivity contribution is 0.0944. The molecule has 0 atom stereocenters. The highest BCUT2D eigenvalue weighted by molar-refractivity contribution is 6.02. The molecule has 9 heteroatoms. The highest BCUT2D eigenvalue weighted by atomic mass is 16.3. The van der Waals surface area contributed by atoms with E-state index in [9.17, 15) is 9.59 Å². The molecule has 3 aromatic heterocycles. The van der Waals surface area contributed by atoms with E-state index in [0.717, 1.165) is 17.0 Å². The van der Waals surface area contributed by atoms with Crippen LogP contribution in [0.2, 0.25) is 0 Å². The summed E-state index contributed by atoms with van der Waals surface area (Å²) in [6, 6.07) is 4.69. The summed E-state index contributed by atoms with van der Waals surface area (Å²) in [5.41, 5.74) is 3.05. The van der Waals surface area contributed by atoms with Crippen molar-refractivity contribution in [3.63, 3.8) is 0 Å². The molecule has 3 heterocycles. The van der Waals surface area contributed by atoms with Gasteiger partial charge in [0, 0.05) is 38.0 Å². The zero-order valence-electron chi connectivity index (χ0n) is 15.0. The van der Waals surface area contributed by atoms with Crippen molar-refractivity contribution < 1.29 is 14.0 Å². The predicted octanol–water partition coefficient (Wildman–Crippen LogP) is 1.55. The van der Waals surface area contributed by atoms with Gasteiger partial charge in [-0.1, -0.05) is 0 Å². The molecule has 2 amide bonds. The maximum absolute atomic E-state index is 12.4. The zero-order valence-corrected chi connectivity index (χ0v) is 15.0. The number of rotatable bonds is 5. The van der Waals surface area contributed by atoms with Crippen LogP contribution in [0.3, 0.4) is 0 Å². The number of carbonyl (C=O) groups excluding carboxylic acids is 2. The first-order valence-electron chi connectivity index (χ1n) is 8.03. The third-order valence-corrected chi connectivity index (χ3v) is 4.18. The maximum atomic E-state index is 12.4. The van der Waals surface area contributed by atoms with Crippen molar-refractivity contribution in [1.82, 2.24) is 24.9 Å². The number of carbonyl (C=O) groups is 2. The Morgan fingerprint density at radius 1 is 1.15 bits per heavy atom. The van der Waals surface area contributed by atoms with Gasteiger partial charge >= 0.3 is 0 Å². The molecule has 0 spiro atoms. The van der Waals surface area contributed by atoms with Crippen molar-refractivity contribution in [1.29, 1.82) is 0 Å². The predicted molar refractivity (Wildman–Crippen MR) is 93.7 cm³/mol. The van der Waals surface area contributed by atoms with Gasteiger partial charge in [0.1, 0.15) is 5.82 Å². The Kier molecular flexibility index (Phi) is 4.61. The van der Waals surface area contributed by atoms with Crippen molar-refractivity contribution in [3.8, 4) is 0 Å². The third kappa shape index (κ3) is 3.37. The van der Waals surface area contributed by atoms with Crippen molar-refractivity contribution in [3.05, 3.63) is 52.9 Å². The minimum atomic E-state index is -0.411. The van der Waals surface area contributed by atoms with Gasteiger partial charge in [-0.3, -0.25) is 19.0 Å². The molecule has 26 heavy (non-hydrogen) atoms. The van der Waals surface area contributed by atoms with E-state index in [0.29, 0.717) is 12.4 Å². The van der Waals surface area contributed by atoms with Crippen LogP contribution in [0.1, 0.15) is 38.0 Å². The quantitative estimate of drug-likeness (QED) is 0.721. The topological polar surface area (TPSA) is 107 Å². The highest BCUT2D eigenvalue weighted by Gasteiger charge is 2.17. The number of hydrogen-bond acceptors (Lipinski definition) is 5. The maximum Gasteiger partial charge on any atom is 0.292 e. The van der Waals surface area contributed by atoms with E-state index in [4.69, 9.17) is 4.42 Å². The number of aromatic nitrogens is 4. The second-order valence-corrected chi connectivity index (χ2v) is 5.93. The van der Waals surface area contributed by atoms with Gasteiger partial charge in [-0.05, 0) is 26.0 Å². The Hall–Kier alpha value is -3.36. The highest BCUT2D eigenvalue weighted by Crippen LogP contribution is 2.14. The molecule has 9 nitrogen and oxygen atoms in total. The number of aryl methyl sites for hydroxylation is 3. The molecule has 0 radical (unpaired) electrons. The largest absolute Gasteiger partial charge is 0.459 e. The van der Waals surface area contributed by atoms with Gasteiger partial charge in [0.2, 0.25) is 0 Å². The lowest BCUT2D eigenvalue weighted by Gasteiger charge is -2.04. The monoisotopic (exact) mass is 356 g/mol. The molecule has 0 aliphatic rings. The Bertz CT molecular complexity index is 952. The Morgan fingerprint density at radius 2 is 1.92 bits per heavy atom. The first kappa shape index (κ1) is 17.5. The molecule has 136 valence electrons. The number of nitrogens with one attached hydrogen (secondary N) is 2. The van der Waals surface area contributed by atoms with Crippen LogP contribution in [-0.4, -0.2) is 31.4 Å². The lowest BCUT2D eigenvalue weighted by Crippen LogP contribution is -2.24. The summed E-state index contributed by atoms with van der Waals surface area (Å²) in [5, 5.41) is 14.0. The van der Waals surface area contributed by atoms with Crippen LogP contribution in [0.4, 0.5) is 5.82 Å². The van der Waals surface area contributed by atoms with Gasteiger partial charge in [0.15, 0.2) is 11.5 Å². The molecule has 3 aromatic rings. The molecule has 0 aromatic carbocycles. The smallest absolute Gasteiger partial charge is 0.292 e. The number of amides is 2. The van der Waals surface area contributed by atoms with E-state index in [1.807, 2.05) is 20.9 Å². The summed E-state index contributed by atoms with van der Waals surface area (Å²) in [7, 11) is 3.50. The average molecular weight is 356 g/mol. The summed E-state index contributed by atoms with van der Waals surface area (Å²) in [4.78, 5) is 24.4. The molecule has 0 unspecified atom stereocenters. The molecule has 0 saturated carbocycles. The van der Waals surface area contributed by atoms with E-state index in [-0.39, 0.29) is 17.4 Å². The Labute approximate surface area is 150 Å². The minimum Gasteiger partial charge on any atom is -0.459 e. The molecular weight excluding hydrogens is 336 g/mol. The van der Waals surface area contributed by atoms with Crippen LogP contribution in [-0.2, 0) is 20.6 Å². The molecule has 3 rings (SSSR count). The van der Waals surface area contributed by atoms with Gasteiger partial charge in [-0.15, -0.1) is 0 Å². The number of anilines is 1. The van der Waals surface area contributed by atoms with E-state index in [2.05, 4.69) is 20.8 Å². The standard InChI is InChI=1S/C17H20N6O3/c1-10-12(11(2)22(3)20-10)9-18-16(24)13-8-15(23(4)21-13)19-17(25)14-6-5-7-26-14/h5-8H,9H2,1-4H3,(H,18,24)(H,19,25). The fraction of sp³-hybridized carbons (Fsp3) is 0.294. The fourth-order valence-electron chi connectivity index (χ4n) is 2.61. The third-order valence-electron chi connectivity index (χ3n) is 4.18. The summed E-state index contributed by atoms with van der Waals surface area (Å²) in [6.07, 6.45) is 1.42. The second kappa shape index (κ2) is 6.87. The number of hydrogen-bond donors (Lipinski definition) is 2. The number of nitrogens with zero attached hydrogens (tertiary/aromatic N) is 4. The minimum absolute atomic E-state index is 0.180. The SMILES string of the molecule is Cc1nn(C)c(C)c1CNC(=O)c1cc(NC(=O)c2ccco2)n(C)n1. The van der Waals surface area contributed by atoms with Gasteiger partial charge in [-0.25, -0.2) is 0 Å². The average Bonchev–Trinajstić information content (AvgIpc) is 3.29. The van der Waals surface area contributed by atoms with Crippen molar-refractivity contribution >= 4 is 17.6 Å². The summed E-state index contributed by atoms with van der Waals surface area (Å²) in [6.45, 7) is 4.21. The summed E-state index contributed by atoms with van der Waals surface area (Å²) >= 11 is 0. The van der Waals surface area contributed by atoms with Crippen molar-refractivity contribution in [2.75, 3.05) is 5.32 Å².